The van der Waals surface area contributed by atoms with Crippen molar-refractivity contribution in [2.45, 2.75) is 23.7 Å². The summed E-state index contributed by atoms with van der Waals surface area (Å²) in [7, 11) is 0. The lowest BCUT2D eigenvalue weighted by Gasteiger charge is -2.17. The van der Waals surface area contributed by atoms with Crippen molar-refractivity contribution in [3.05, 3.63) is 29.8 Å². The molecule has 0 heterocycles. The van der Waals surface area contributed by atoms with E-state index in [4.69, 9.17) is 11.5 Å². The first-order chi connectivity index (χ1) is 8.04. The smallest absolute Gasteiger partial charge is 0.218 e. The van der Waals surface area contributed by atoms with E-state index in [0.29, 0.717) is 0 Å². The van der Waals surface area contributed by atoms with Gasteiger partial charge in [-0.1, -0.05) is 18.2 Å². The third kappa shape index (κ3) is 4.11. The van der Waals surface area contributed by atoms with Gasteiger partial charge in [0, 0.05) is 23.7 Å². The minimum Gasteiger partial charge on any atom is -0.370 e. The number of hydrogen-bond donors (Lipinski definition) is 2. The van der Waals surface area contributed by atoms with Crippen LogP contribution in [0, 0.1) is 0 Å². The molecule has 2 amide bonds. The van der Waals surface area contributed by atoms with Gasteiger partial charge in [-0.2, -0.15) is 0 Å². The Labute approximate surface area is 105 Å². The minimum absolute atomic E-state index is 0.139. The maximum atomic E-state index is 11.0. The molecule has 0 atom stereocenters. The zero-order valence-electron chi connectivity index (χ0n) is 9.68. The van der Waals surface area contributed by atoms with Crippen LogP contribution in [0.25, 0.3) is 0 Å². The van der Waals surface area contributed by atoms with Gasteiger partial charge >= 0.3 is 0 Å². The molecule has 0 spiro atoms. The Morgan fingerprint density at radius 2 is 1.71 bits per heavy atom. The quantitative estimate of drug-likeness (QED) is 0.747. The monoisotopic (exact) mass is 252 g/mol. The molecule has 0 aliphatic carbocycles. The molecule has 0 bridgehead atoms. The van der Waals surface area contributed by atoms with Gasteiger partial charge in [0.05, 0.1) is 0 Å². The van der Waals surface area contributed by atoms with Crippen LogP contribution in [0.2, 0.25) is 0 Å². The van der Waals surface area contributed by atoms with E-state index in [2.05, 4.69) is 0 Å². The van der Waals surface area contributed by atoms with E-state index in [1.807, 2.05) is 30.5 Å². The van der Waals surface area contributed by atoms with Crippen molar-refractivity contribution in [1.82, 2.24) is 0 Å². The van der Waals surface area contributed by atoms with Gasteiger partial charge in [0.25, 0.3) is 0 Å². The van der Waals surface area contributed by atoms with E-state index in [1.165, 1.54) is 0 Å². The molecule has 1 aromatic carbocycles. The maximum absolute atomic E-state index is 11.0. The normalized spacial score (nSPS) is 10.5. The topological polar surface area (TPSA) is 86.2 Å². The average Bonchev–Trinajstić information content (AvgIpc) is 2.27. The van der Waals surface area contributed by atoms with E-state index in [-0.39, 0.29) is 18.8 Å². The summed E-state index contributed by atoms with van der Waals surface area (Å²) in [5, 5.41) is 0. The maximum Gasteiger partial charge on any atom is 0.218 e. The van der Waals surface area contributed by atoms with Gasteiger partial charge < -0.3 is 11.5 Å². The van der Waals surface area contributed by atoms with Gasteiger partial charge in [-0.15, -0.1) is 11.8 Å². The summed E-state index contributed by atoms with van der Waals surface area (Å²) >= 11 is 1.57. The third-order valence-corrected chi connectivity index (χ3v) is 3.29. The molecule has 4 N–H and O–H groups in total. The highest BCUT2D eigenvalue weighted by Crippen LogP contribution is 2.31. The lowest BCUT2D eigenvalue weighted by molar-refractivity contribution is -0.119. The molecule has 0 aliphatic heterocycles. The van der Waals surface area contributed by atoms with E-state index >= 15 is 0 Å². The van der Waals surface area contributed by atoms with E-state index < -0.39 is 11.8 Å². The molecule has 0 saturated heterocycles. The van der Waals surface area contributed by atoms with Crippen LogP contribution >= 0.6 is 11.8 Å². The molecule has 0 fully saturated rings. The zero-order chi connectivity index (χ0) is 12.8. The SMILES string of the molecule is CSc1ccccc1C(CC(N)=O)CC(N)=O. The summed E-state index contributed by atoms with van der Waals surface area (Å²) < 4.78 is 0. The molecule has 17 heavy (non-hydrogen) atoms. The minimum atomic E-state index is -0.424. The van der Waals surface area contributed by atoms with Crippen molar-refractivity contribution >= 4 is 23.6 Å². The van der Waals surface area contributed by atoms with Crippen molar-refractivity contribution in [1.29, 1.82) is 0 Å². The first kappa shape index (κ1) is 13.6. The Morgan fingerprint density at radius 3 is 2.18 bits per heavy atom. The highest BCUT2D eigenvalue weighted by atomic mass is 32.2. The Bertz CT molecular complexity index is 405. The van der Waals surface area contributed by atoms with E-state index in [0.717, 1.165) is 10.5 Å². The number of carbonyl (C=O) groups excluding carboxylic acids is 2. The first-order valence-electron chi connectivity index (χ1n) is 5.24. The van der Waals surface area contributed by atoms with Crippen LogP contribution in [0.3, 0.4) is 0 Å². The van der Waals surface area contributed by atoms with Crippen LogP contribution in [0.5, 0.6) is 0 Å². The van der Waals surface area contributed by atoms with Gasteiger partial charge in [0.15, 0.2) is 0 Å². The van der Waals surface area contributed by atoms with Gasteiger partial charge in [0.2, 0.25) is 11.8 Å². The molecular weight excluding hydrogens is 236 g/mol. The van der Waals surface area contributed by atoms with Gasteiger partial charge in [-0.05, 0) is 17.9 Å². The van der Waals surface area contributed by atoms with Gasteiger partial charge in [-0.3, -0.25) is 9.59 Å². The molecule has 4 nitrogen and oxygen atoms in total. The molecule has 92 valence electrons. The molecular formula is C12H16N2O2S. The van der Waals surface area contributed by atoms with E-state index in [9.17, 15) is 9.59 Å². The number of rotatable bonds is 6. The van der Waals surface area contributed by atoms with Crippen molar-refractivity contribution in [3.8, 4) is 0 Å². The van der Waals surface area contributed by atoms with Gasteiger partial charge in [-0.25, -0.2) is 0 Å². The number of primary amides is 2. The summed E-state index contributed by atoms with van der Waals surface area (Å²) in [5.41, 5.74) is 11.4. The predicted molar refractivity (Wildman–Crippen MR) is 68.6 cm³/mol. The highest BCUT2D eigenvalue weighted by molar-refractivity contribution is 7.98. The van der Waals surface area contributed by atoms with Crippen molar-refractivity contribution in [2.75, 3.05) is 6.26 Å². The fourth-order valence-corrected chi connectivity index (χ4v) is 2.47. The van der Waals surface area contributed by atoms with Gasteiger partial charge in [0.1, 0.15) is 0 Å². The lowest BCUT2D eigenvalue weighted by atomic mass is 9.92. The summed E-state index contributed by atoms with van der Waals surface area (Å²) in [5.74, 6) is -1.08. The molecule has 0 radical (unpaired) electrons. The molecule has 1 rings (SSSR count). The van der Waals surface area contributed by atoms with Crippen molar-refractivity contribution < 1.29 is 9.59 Å². The number of hydrogen-bond acceptors (Lipinski definition) is 3. The highest BCUT2D eigenvalue weighted by Gasteiger charge is 2.19. The van der Waals surface area contributed by atoms with Crippen LogP contribution in [-0.4, -0.2) is 18.1 Å². The largest absolute Gasteiger partial charge is 0.370 e. The molecule has 0 aliphatic rings. The van der Waals surface area contributed by atoms with Crippen LogP contribution in [0.1, 0.15) is 24.3 Å². The van der Waals surface area contributed by atoms with Crippen LogP contribution < -0.4 is 11.5 Å². The summed E-state index contributed by atoms with van der Waals surface area (Å²) in [6, 6.07) is 7.66. The Morgan fingerprint density at radius 1 is 1.18 bits per heavy atom. The summed E-state index contributed by atoms with van der Waals surface area (Å²) in [4.78, 5) is 23.1. The molecule has 0 saturated carbocycles. The Hall–Kier alpha value is -1.49. The average molecular weight is 252 g/mol. The van der Waals surface area contributed by atoms with Crippen molar-refractivity contribution in [3.63, 3.8) is 0 Å². The fraction of sp³-hybridized carbons (Fsp3) is 0.333. The van der Waals surface area contributed by atoms with Crippen molar-refractivity contribution in [2.24, 2.45) is 11.5 Å². The fourth-order valence-electron chi connectivity index (χ4n) is 1.78. The Balaban J connectivity index is 3.02. The zero-order valence-corrected chi connectivity index (χ0v) is 10.5. The molecule has 5 heteroatoms. The second kappa shape index (κ2) is 6.30. The molecule has 0 aromatic heterocycles. The van der Waals surface area contributed by atoms with E-state index in [1.54, 1.807) is 11.8 Å². The summed E-state index contributed by atoms with van der Waals surface area (Å²) in [6.45, 7) is 0. The lowest BCUT2D eigenvalue weighted by Crippen LogP contribution is -2.21. The number of amides is 2. The Kier molecular flexibility index (Phi) is 5.03. The second-order valence-electron chi connectivity index (χ2n) is 3.78. The number of carbonyl (C=O) groups is 2. The molecule has 0 unspecified atom stereocenters. The molecule has 1 aromatic rings. The summed E-state index contributed by atoms with van der Waals surface area (Å²) in [6.07, 6.45) is 2.23. The third-order valence-electron chi connectivity index (χ3n) is 2.47. The first-order valence-corrected chi connectivity index (χ1v) is 6.46. The van der Waals surface area contributed by atoms with Crippen LogP contribution in [-0.2, 0) is 9.59 Å². The van der Waals surface area contributed by atoms with Crippen LogP contribution in [0.15, 0.2) is 29.2 Å². The number of nitrogens with two attached hydrogens (primary N) is 2. The second-order valence-corrected chi connectivity index (χ2v) is 4.63. The van der Waals surface area contributed by atoms with Crippen LogP contribution in [0.4, 0.5) is 0 Å². The number of thioether (sulfide) groups is 1. The predicted octanol–water partition coefficient (Wildman–Crippen LogP) is 1.24. The standard InChI is InChI=1S/C12H16N2O2S/c1-17-10-5-3-2-4-9(10)8(6-11(13)15)7-12(14)16/h2-5,8H,6-7H2,1H3,(H2,13,15)(H2,14,16). The number of benzene rings is 1.